The largest absolute Gasteiger partial charge is 0.416 e. The van der Waals surface area contributed by atoms with Gasteiger partial charge in [0.05, 0.1) is 11.3 Å². The standard InChI is InChI=1S/C14H8F5NO/c15-10-4-1-8(2-5-10)13(21)20-12-7-9(14(17,18)19)3-6-11(12)16/h1-7H,(H,20,21). The number of carbonyl (C=O) groups excluding carboxylic acids is 1. The van der Waals surface area contributed by atoms with Crippen molar-refractivity contribution in [2.75, 3.05) is 5.32 Å². The minimum Gasteiger partial charge on any atom is -0.319 e. The second-order valence-corrected chi connectivity index (χ2v) is 4.15. The van der Waals surface area contributed by atoms with Gasteiger partial charge in [-0.3, -0.25) is 4.79 Å². The molecule has 21 heavy (non-hydrogen) atoms. The van der Waals surface area contributed by atoms with Gasteiger partial charge in [0.2, 0.25) is 0 Å². The highest BCUT2D eigenvalue weighted by molar-refractivity contribution is 6.04. The van der Waals surface area contributed by atoms with Crippen molar-refractivity contribution >= 4 is 11.6 Å². The highest BCUT2D eigenvalue weighted by Crippen LogP contribution is 2.31. The molecule has 0 unspecified atom stereocenters. The molecule has 0 fully saturated rings. The predicted molar refractivity (Wildman–Crippen MR) is 65.8 cm³/mol. The van der Waals surface area contributed by atoms with Crippen molar-refractivity contribution in [2.45, 2.75) is 6.18 Å². The van der Waals surface area contributed by atoms with Crippen molar-refractivity contribution in [1.29, 1.82) is 0 Å². The van der Waals surface area contributed by atoms with E-state index in [9.17, 15) is 26.7 Å². The van der Waals surface area contributed by atoms with Crippen LogP contribution in [0.1, 0.15) is 15.9 Å². The molecule has 0 atom stereocenters. The third-order valence-corrected chi connectivity index (χ3v) is 2.65. The minimum absolute atomic E-state index is 0.00629. The molecule has 1 N–H and O–H groups in total. The number of amides is 1. The van der Waals surface area contributed by atoms with Crippen LogP contribution in [0.4, 0.5) is 27.6 Å². The number of carbonyl (C=O) groups is 1. The van der Waals surface area contributed by atoms with Crippen LogP contribution in [0.5, 0.6) is 0 Å². The van der Waals surface area contributed by atoms with E-state index in [1.807, 2.05) is 5.32 Å². The Kier molecular flexibility index (Phi) is 3.93. The number of alkyl halides is 3. The van der Waals surface area contributed by atoms with E-state index in [1.165, 1.54) is 0 Å². The lowest BCUT2D eigenvalue weighted by atomic mass is 10.1. The molecule has 0 saturated carbocycles. The number of halogens is 5. The summed E-state index contributed by atoms with van der Waals surface area (Å²) in [5, 5.41) is 2.02. The number of rotatable bonds is 2. The van der Waals surface area contributed by atoms with Crippen LogP contribution < -0.4 is 5.32 Å². The third-order valence-electron chi connectivity index (χ3n) is 2.65. The molecular formula is C14H8F5NO. The first-order chi connectivity index (χ1) is 9.77. The summed E-state index contributed by atoms with van der Waals surface area (Å²) < 4.78 is 63.7. The summed E-state index contributed by atoms with van der Waals surface area (Å²) >= 11 is 0. The normalized spacial score (nSPS) is 11.3. The molecule has 2 aromatic carbocycles. The number of hydrogen-bond acceptors (Lipinski definition) is 1. The van der Waals surface area contributed by atoms with Crippen molar-refractivity contribution in [2.24, 2.45) is 0 Å². The minimum atomic E-state index is -4.65. The second-order valence-electron chi connectivity index (χ2n) is 4.15. The average molecular weight is 301 g/mol. The van der Waals surface area contributed by atoms with Crippen LogP contribution in [0.2, 0.25) is 0 Å². The fourth-order valence-electron chi connectivity index (χ4n) is 1.59. The Morgan fingerprint density at radius 2 is 1.57 bits per heavy atom. The monoisotopic (exact) mass is 301 g/mol. The quantitative estimate of drug-likeness (QED) is 0.826. The summed E-state index contributed by atoms with van der Waals surface area (Å²) in [7, 11) is 0. The molecule has 2 rings (SSSR count). The van der Waals surface area contributed by atoms with Crippen LogP contribution in [0, 0.1) is 11.6 Å². The van der Waals surface area contributed by atoms with Gasteiger partial charge in [0.25, 0.3) is 5.91 Å². The van der Waals surface area contributed by atoms with E-state index in [2.05, 4.69) is 0 Å². The third kappa shape index (κ3) is 3.56. The maximum Gasteiger partial charge on any atom is 0.416 e. The van der Waals surface area contributed by atoms with E-state index >= 15 is 0 Å². The first kappa shape index (κ1) is 15.0. The Balaban J connectivity index is 2.26. The number of nitrogens with one attached hydrogen (secondary N) is 1. The number of anilines is 1. The van der Waals surface area contributed by atoms with E-state index in [4.69, 9.17) is 0 Å². The van der Waals surface area contributed by atoms with Crippen molar-refractivity contribution < 1.29 is 26.7 Å². The summed E-state index contributed by atoms with van der Waals surface area (Å²) in [6.07, 6.45) is -4.65. The molecule has 2 nitrogen and oxygen atoms in total. The maximum absolute atomic E-state index is 13.5. The Labute approximate surface area is 116 Å². The second kappa shape index (κ2) is 5.51. The summed E-state index contributed by atoms with van der Waals surface area (Å²) in [5.74, 6) is -2.41. The zero-order valence-corrected chi connectivity index (χ0v) is 10.3. The molecule has 0 aliphatic heterocycles. The van der Waals surface area contributed by atoms with Crippen LogP contribution >= 0.6 is 0 Å². The Hall–Kier alpha value is -2.44. The molecule has 0 heterocycles. The number of benzene rings is 2. The Morgan fingerprint density at radius 3 is 2.14 bits per heavy atom. The summed E-state index contributed by atoms with van der Waals surface area (Å²) in [6.45, 7) is 0. The van der Waals surface area contributed by atoms with Gasteiger partial charge in [0.1, 0.15) is 11.6 Å². The zero-order valence-electron chi connectivity index (χ0n) is 10.3. The number of hydrogen-bond donors (Lipinski definition) is 1. The van der Waals surface area contributed by atoms with E-state index in [0.29, 0.717) is 18.2 Å². The molecule has 0 aliphatic rings. The molecule has 1 amide bonds. The molecule has 7 heteroatoms. The van der Waals surface area contributed by atoms with Gasteiger partial charge < -0.3 is 5.32 Å². The van der Waals surface area contributed by atoms with Gasteiger partial charge in [-0.1, -0.05) is 0 Å². The molecule has 110 valence electrons. The van der Waals surface area contributed by atoms with Gasteiger partial charge in [-0.25, -0.2) is 8.78 Å². The van der Waals surface area contributed by atoms with E-state index in [0.717, 1.165) is 24.3 Å². The molecule has 0 radical (unpaired) electrons. The SMILES string of the molecule is O=C(Nc1cc(C(F)(F)F)ccc1F)c1ccc(F)cc1. The van der Waals surface area contributed by atoms with Crippen molar-refractivity contribution in [1.82, 2.24) is 0 Å². The summed E-state index contributed by atoms with van der Waals surface area (Å²) in [6, 6.07) is 5.98. The van der Waals surface area contributed by atoms with Gasteiger partial charge in [-0.15, -0.1) is 0 Å². The molecule has 0 aromatic heterocycles. The maximum atomic E-state index is 13.5. The van der Waals surface area contributed by atoms with Crippen LogP contribution in [-0.2, 0) is 6.18 Å². The van der Waals surface area contributed by atoms with Crippen LogP contribution in [0.15, 0.2) is 42.5 Å². The van der Waals surface area contributed by atoms with Crippen LogP contribution in [-0.4, -0.2) is 5.91 Å². The van der Waals surface area contributed by atoms with Gasteiger partial charge in [0.15, 0.2) is 0 Å². The van der Waals surface area contributed by atoms with Gasteiger partial charge in [-0.2, -0.15) is 13.2 Å². The zero-order chi connectivity index (χ0) is 15.6. The van der Waals surface area contributed by atoms with Gasteiger partial charge >= 0.3 is 6.18 Å². The molecule has 0 saturated heterocycles. The van der Waals surface area contributed by atoms with E-state index in [-0.39, 0.29) is 5.56 Å². The van der Waals surface area contributed by atoms with Crippen molar-refractivity contribution in [3.63, 3.8) is 0 Å². The van der Waals surface area contributed by atoms with Crippen LogP contribution in [0.3, 0.4) is 0 Å². The highest BCUT2D eigenvalue weighted by Gasteiger charge is 2.31. The van der Waals surface area contributed by atoms with Crippen LogP contribution in [0.25, 0.3) is 0 Å². The Morgan fingerprint density at radius 1 is 0.952 bits per heavy atom. The molecule has 0 spiro atoms. The lowest BCUT2D eigenvalue weighted by Crippen LogP contribution is -2.14. The molecule has 2 aromatic rings. The fourth-order valence-corrected chi connectivity index (χ4v) is 1.59. The Bertz CT molecular complexity index is 664. The van der Waals surface area contributed by atoms with Gasteiger partial charge in [0, 0.05) is 5.56 Å². The lowest BCUT2D eigenvalue weighted by Gasteiger charge is -2.11. The van der Waals surface area contributed by atoms with E-state index in [1.54, 1.807) is 0 Å². The predicted octanol–water partition coefficient (Wildman–Crippen LogP) is 4.24. The summed E-state index contributed by atoms with van der Waals surface area (Å²) in [4.78, 5) is 11.8. The topological polar surface area (TPSA) is 29.1 Å². The smallest absolute Gasteiger partial charge is 0.319 e. The van der Waals surface area contributed by atoms with Crippen molar-refractivity contribution in [3.05, 3.63) is 65.2 Å². The van der Waals surface area contributed by atoms with Crippen molar-refractivity contribution in [3.8, 4) is 0 Å². The first-order valence-corrected chi connectivity index (χ1v) is 5.71. The van der Waals surface area contributed by atoms with Gasteiger partial charge in [-0.05, 0) is 42.5 Å². The first-order valence-electron chi connectivity index (χ1n) is 5.71. The average Bonchev–Trinajstić information content (AvgIpc) is 2.40. The molecule has 0 bridgehead atoms. The van der Waals surface area contributed by atoms with E-state index < -0.39 is 35.0 Å². The summed E-state index contributed by atoms with van der Waals surface area (Å²) in [5.41, 5.74) is -1.69. The molecule has 0 aliphatic carbocycles. The fraction of sp³-hybridized carbons (Fsp3) is 0.0714. The highest BCUT2D eigenvalue weighted by atomic mass is 19.4. The molecular weight excluding hydrogens is 293 g/mol. The lowest BCUT2D eigenvalue weighted by molar-refractivity contribution is -0.137.